The van der Waals surface area contributed by atoms with Crippen LogP contribution in [0.4, 0.5) is 0 Å². The van der Waals surface area contributed by atoms with Crippen LogP contribution in [0.25, 0.3) is 0 Å². The van der Waals surface area contributed by atoms with Gasteiger partial charge >= 0.3 is 5.97 Å². The van der Waals surface area contributed by atoms with Gasteiger partial charge in [0.15, 0.2) is 23.4 Å². The predicted molar refractivity (Wildman–Crippen MR) is 121 cm³/mol. The third kappa shape index (κ3) is 6.57. The zero-order chi connectivity index (χ0) is 23.7. The summed E-state index contributed by atoms with van der Waals surface area (Å²) in [5.41, 5.74) is 0.617. The van der Waals surface area contributed by atoms with Gasteiger partial charge in [0.2, 0.25) is 0 Å². The Hall–Kier alpha value is -3.35. The summed E-state index contributed by atoms with van der Waals surface area (Å²) in [6.45, 7) is 10.5. The fourth-order valence-corrected chi connectivity index (χ4v) is 2.93. The van der Waals surface area contributed by atoms with Crippen molar-refractivity contribution in [2.75, 3.05) is 19.8 Å². The van der Waals surface area contributed by atoms with Crippen molar-refractivity contribution in [3.63, 3.8) is 0 Å². The molecule has 1 atom stereocenters. The maximum Gasteiger partial charge on any atom is 0.339 e. The molecule has 2 aromatic carbocycles. The minimum absolute atomic E-state index is 0.0906. The minimum Gasteiger partial charge on any atom is -0.490 e. The second-order valence-corrected chi connectivity index (χ2v) is 7.59. The quantitative estimate of drug-likeness (QED) is 0.418. The van der Waals surface area contributed by atoms with Crippen LogP contribution in [-0.4, -0.2) is 43.5 Å². The van der Waals surface area contributed by atoms with Crippen molar-refractivity contribution in [3.05, 3.63) is 59.2 Å². The van der Waals surface area contributed by atoms with E-state index in [-0.39, 0.29) is 28.7 Å². The molecule has 0 aromatic heterocycles. The summed E-state index contributed by atoms with van der Waals surface area (Å²) >= 11 is 0. The molecule has 7 nitrogen and oxygen atoms in total. The first-order valence-electron chi connectivity index (χ1n) is 10.8. The van der Waals surface area contributed by atoms with Crippen LogP contribution in [-0.2, 0) is 9.53 Å². The number of rotatable bonds is 11. The number of carbonyl (C=O) groups excluding carboxylic acids is 3. The molecule has 1 unspecified atom stereocenters. The molecule has 0 radical (unpaired) electrons. The Balaban J connectivity index is 2.25. The van der Waals surface area contributed by atoms with Gasteiger partial charge in [-0.2, -0.15) is 0 Å². The summed E-state index contributed by atoms with van der Waals surface area (Å²) in [7, 11) is 0. The molecular weight excluding hydrogens is 410 g/mol. The molecule has 0 fully saturated rings. The van der Waals surface area contributed by atoms with Gasteiger partial charge in [-0.25, -0.2) is 4.79 Å². The van der Waals surface area contributed by atoms with Crippen LogP contribution in [0.5, 0.6) is 11.5 Å². The maximum atomic E-state index is 13.2. The van der Waals surface area contributed by atoms with Crippen molar-refractivity contribution in [1.29, 1.82) is 0 Å². The van der Waals surface area contributed by atoms with Gasteiger partial charge in [0.05, 0.1) is 18.8 Å². The normalized spacial score (nSPS) is 11.6. The molecule has 1 amide bonds. The number of carbonyl (C=O) groups is 3. The Kier molecular flexibility index (Phi) is 9.25. The van der Waals surface area contributed by atoms with E-state index in [1.54, 1.807) is 36.4 Å². The molecule has 172 valence electrons. The van der Waals surface area contributed by atoms with Crippen molar-refractivity contribution in [2.24, 2.45) is 5.92 Å². The number of hydrogen-bond acceptors (Lipinski definition) is 6. The summed E-state index contributed by atoms with van der Waals surface area (Å²) in [6.07, 6.45) is -0.987. The smallest absolute Gasteiger partial charge is 0.339 e. The molecule has 0 spiro atoms. The molecule has 0 saturated heterocycles. The van der Waals surface area contributed by atoms with Crippen molar-refractivity contribution < 1.29 is 28.6 Å². The lowest BCUT2D eigenvalue weighted by Crippen LogP contribution is -2.37. The molecule has 32 heavy (non-hydrogen) atoms. The fraction of sp³-hybridized carbons (Fsp3) is 0.400. The summed E-state index contributed by atoms with van der Waals surface area (Å²) in [6, 6.07) is 11.3. The summed E-state index contributed by atoms with van der Waals surface area (Å²) in [5, 5.41) is 2.73. The van der Waals surface area contributed by atoms with E-state index < -0.39 is 12.1 Å². The van der Waals surface area contributed by atoms with Crippen LogP contribution in [0.1, 0.15) is 60.9 Å². The third-order valence-corrected chi connectivity index (χ3v) is 4.53. The summed E-state index contributed by atoms with van der Waals surface area (Å²) < 4.78 is 16.5. The number of amides is 1. The lowest BCUT2D eigenvalue weighted by molar-refractivity contribution is -0.129. The maximum absolute atomic E-state index is 13.2. The highest BCUT2D eigenvalue weighted by Crippen LogP contribution is 2.30. The molecule has 0 bridgehead atoms. The molecule has 2 aromatic rings. The number of ether oxygens (including phenoxy) is 3. The highest BCUT2D eigenvalue weighted by molar-refractivity contribution is 6.14. The Labute approximate surface area is 189 Å². The average molecular weight is 442 g/mol. The van der Waals surface area contributed by atoms with Gasteiger partial charge in [0, 0.05) is 17.7 Å². The Morgan fingerprint density at radius 2 is 1.50 bits per heavy atom. The largest absolute Gasteiger partial charge is 0.490 e. The predicted octanol–water partition coefficient (Wildman–Crippen LogP) is 4.03. The van der Waals surface area contributed by atoms with Gasteiger partial charge in [0.1, 0.15) is 0 Å². The van der Waals surface area contributed by atoms with Gasteiger partial charge < -0.3 is 19.5 Å². The topological polar surface area (TPSA) is 90.9 Å². The summed E-state index contributed by atoms with van der Waals surface area (Å²) in [5.74, 6) is -0.217. The zero-order valence-electron chi connectivity index (χ0n) is 19.3. The highest BCUT2D eigenvalue weighted by atomic mass is 16.5. The van der Waals surface area contributed by atoms with Crippen LogP contribution in [0.3, 0.4) is 0 Å². The van der Waals surface area contributed by atoms with Crippen LogP contribution in [0.2, 0.25) is 0 Å². The Bertz CT molecular complexity index is 953. The van der Waals surface area contributed by atoms with E-state index in [4.69, 9.17) is 14.2 Å². The monoisotopic (exact) mass is 441 g/mol. The second-order valence-electron chi connectivity index (χ2n) is 7.59. The van der Waals surface area contributed by atoms with Crippen LogP contribution < -0.4 is 14.8 Å². The molecule has 2 rings (SSSR count). The number of hydrogen-bond donors (Lipinski definition) is 1. The van der Waals surface area contributed by atoms with Gasteiger partial charge in [-0.1, -0.05) is 32.0 Å². The van der Waals surface area contributed by atoms with Crippen molar-refractivity contribution in [2.45, 2.75) is 40.7 Å². The van der Waals surface area contributed by atoms with Crippen LogP contribution in [0, 0.1) is 5.92 Å². The Morgan fingerprint density at radius 1 is 0.875 bits per heavy atom. The molecule has 0 aliphatic heterocycles. The molecule has 0 heterocycles. The van der Waals surface area contributed by atoms with E-state index in [0.717, 1.165) is 0 Å². The molecule has 0 aliphatic carbocycles. The third-order valence-electron chi connectivity index (χ3n) is 4.53. The summed E-state index contributed by atoms with van der Waals surface area (Å²) in [4.78, 5) is 38.1. The fourth-order valence-electron chi connectivity index (χ4n) is 2.93. The number of benzene rings is 2. The molecule has 0 saturated carbocycles. The van der Waals surface area contributed by atoms with E-state index in [9.17, 15) is 14.4 Å². The number of ketones is 1. The molecule has 7 heteroatoms. The van der Waals surface area contributed by atoms with E-state index in [0.29, 0.717) is 36.8 Å². The van der Waals surface area contributed by atoms with E-state index in [1.807, 2.05) is 27.7 Å². The van der Waals surface area contributed by atoms with Crippen molar-refractivity contribution >= 4 is 17.7 Å². The van der Waals surface area contributed by atoms with E-state index in [2.05, 4.69) is 5.32 Å². The first-order valence-corrected chi connectivity index (χ1v) is 10.8. The minimum atomic E-state index is -0.987. The van der Waals surface area contributed by atoms with E-state index >= 15 is 0 Å². The lowest BCUT2D eigenvalue weighted by Gasteiger charge is -2.16. The highest BCUT2D eigenvalue weighted by Gasteiger charge is 2.24. The van der Waals surface area contributed by atoms with Gasteiger partial charge in [0.25, 0.3) is 5.91 Å². The Morgan fingerprint density at radius 3 is 2.12 bits per heavy atom. The number of nitrogens with one attached hydrogen (secondary N) is 1. The lowest BCUT2D eigenvalue weighted by atomic mass is 9.98. The van der Waals surface area contributed by atoms with Gasteiger partial charge in [-0.3, -0.25) is 9.59 Å². The zero-order valence-corrected chi connectivity index (χ0v) is 19.3. The van der Waals surface area contributed by atoms with Crippen LogP contribution >= 0.6 is 0 Å². The van der Waals surface area contributed by atoms with Crippen molar-refractivity contribution in [1.82, 2.24) is 5.32 Å². The molecule has 1 N–H and O–H groups in total. The molecule has 0 aliphatic rings. The van der Waals surface area contributed by atoms with Gasteiger partial charge in [-0.15, -0.1) is 0 Å². The first kappa shape index (κ1) is 24.9. The van der Waals surface area contributed by atoms with E-state index in [1.165, 1.54) is 13.0 Å². The van der Waals surface area contributed by atoms with Crippen LogP contribution in [0.15, 0.2) is 42.5 Å². The number of esters is 1. The molecular formula is C25H31NO6. The van der Waals surface area contributed by atoms with Crippen molar-refractivity contribution in [3.8, 4) is 11.5 Å². The standard InChI is InChI=1S/C25H31NO6/c1-6-30-21-13-12-18(14-22(21)31-7-2)23(27)19-10-8-9-11-20(19)25(29)32-17(5)24(28)26-15-16(3)4/h8-14,16-17H,6-7,15H2,1-5H3,(H,26,28). The average Bonchev–Trinajstić information content (AvgIpc) is 2.78. The SMILES string of the molecule is CCOc1ccc(C(=O)c2ccccc2C(=O)OC(C)C(=O)NCC(C)C)cc1OCC. The van der Waals surface area contributed by atoms with Gasteiger partial charge in [-0.05, 0) is 51.0 Å². The second kappa shape index (κ2) is 11.9. The first-order chi connectivity index (χ1) is 15.3.